The summed E-state index contributed by atoms with van der Waals surface area (Å²) in [7, 11) is 0. The summed E-state index contributed by atoms with van der Waals surface area (Å²) in [4.78, 5) is 2.42. The number of rotatable bonds is 7. The normalized spacial score (nSPS) is 12.7. The van der Waals surface area contributed by atoms with Gasteiger partial charge in [0.2, 0.25) is 0 Å². The van der Waals surface area contributed by atoms with Crippen molar-refractivity contribution in [3.8, 4) is 33.4 Å². The number of nitrogens with zero attached hydrogens (tertiary/aromatic N) is 1. The second-order valence-corrected chi connectivity index (χ2v) is 16.0. The zero-order chi connectivity index (χ0) is 40.3. The van der Waals surface area contributed by atoms with Gasteiger partial charge >= 0.3 is 0 Å². The molecule has 0 N–H and O–H groups in total. The highest BCUT2D eigenvalue weighted by Gasteiger charge is 2.46. The van der Waals surface area contributed by atoms with E-state index in [1.54, 1.807) is 0 Å². The average Bonchev–Trinajstić information content (AvgIpc) is 3.86. The lowest BCUT2D eigenvalue weighted by Crippen LogP contribution is -2.28. The SMILES string of the molecule is c1ccc(C2(c3ccccc3)c3ccccc3-c3ccc(N(c4ccc(-c5cccc6ccccc56)cc4)c4cccc(-c5ccc6oc7ccccc7c6c5)c4)cc32)cc1. The molecule has 0 fully saturated rings. The van der Waals surface area contributed by atoms with Gasteiger partial charge in [-0.25, -0.2) is 0 Å². The lowest BCUT2D eigenvalue weighted by molar-refractivity contribution is 0.669. The Hall–Kier alpha value is -7.94. The van der Waals surface area contributed by atoms with Crippen LogP contribution in [0.5, 0.6) is 0 Å². The van der Waals surface area contributed by atoms with Crippen LogP contribution in [0.25, 0.3) is 66.1 Å². The summed E-state index contributed by atoms with van der Waals surface area (Å²) in [6.45, 7) is 0. The molecule has 286 valence electrons. The monoisotopic (exact) mass is 777 g/mol. The summed E-state index contributed by atoms with van der Waals surface area (Å²) >= 11 is 0. The van der Waals surface area contributed by atoms with Crippen LogP contribution >= 0.6 is 0 Å². The number of furan rings is 1. The molecule has 0 bridgehead atoms. The first-order valence-corrected chi connectivity index (χ1v) is 21.0. The van der Waals surface area contributed by atoms with Crippen LogP contribution in [-0.4, -0.2) is 0 Å². The molecule has 11 aromatic rings. The summed E-state index contributed by atoms with van der Waals surface area (Å²) < 4.78 is 6.22. The molecule has 10 aromatic carbocycles. The number of benzene rings is 10. The molecule has 0 radical (unpaired) electrons. The molecule has 1 aliphatic rings. The molecule has 0 saturated heterocycles. The van der Waals surface area contributed by atoms with Gasteiger partial charge in [-0.3, -0.25) is 0 Å². The maximum atomic E-state index is 6.22. The third-order valence-electron chi connectivity index (χ3n) is 12.7. The second kappa shape index (κ2) is 14.1. The van der Waals surface area contributed by atoms with Gasteiger partial charge in [-0.15, -0.1) is 0 Å². The fraction of sp³-hybridized carbons (Fsp3) is 0.0169. The summed E-state index contributed by atoms with van der Waals surface area (Å²) in [6.07, 6.45) is 0. The van der Waals surface area contributed by atoms with Gasteiger partial charge in [0.25, 0.3) is 0 Å². The Labute approximate surface area is 355 Å². The third kappa shape index (κ3) is 5.57. The maximum absolute atomic E-state index is 6.22. The average molecular weight is 778 g/mol. The summed E-state index contributed by atoms with van der Waals surface area (Å²) in [5, 5.41) is 4.74. The van der Waals surface area contributed by atoms with E-state index in [9.17, 15) is 0 Å². The van der Waals surface area contributed by atoms with Gasteiger partial charge in [-0.1, -0.05) is 182 Å². The topological polar surface area (TPSA) is 16.4 Å². The molecule has 0 spiro atoms. The van der Waals surface area contributed by atoms with Crippen LogP contribution in [0, 0.1) is 0 Å². The quantitative estimate of drug-likeness (QED) is 0.160. The van der Waals surface area contributed by atoms with Crippen molar-refractivity contribution in [3.05, 3.63) is 259 Å². The van der Waals surface area contributed by atoms with E-state index in [1.807, 2.05) is 12.1 Å². The zero-order valence-electron chi connectivity index (χ0n) is 33.4. The predicted octanol–water partition coefficient (Wildman–Crippen LogP) is 15.9. The van der Waals surface area contributed by atoms with Crippen LogP contribution in [0.3, 0.4) is 0 Å². The first-order valence-electron chi connectivity index (χ1n) is 21.0. The van der Waals surface area contributed by atoms with E-state index in [-0.39, 0.29) is 0 Å². The van der Waals surface area contributed by atoms with Crippen LogP contribution in [0.1, 0.15) is 22.3 Å². The van der Waals surface area contributed by atoms with Crippen molar-refractivity contribution < 1.29 is 4.42 Å². The number of hydrogen-bond donors (Lipinski definition) is 0. The van der Waals surface area contributed by atoms with E-state index in [2.05, 4.69) is 229 Å². The minimum Gasteiger partial charge on any atom is -0.456 e. The van der Waals surface area contributed by atoms with Gasteiger partial charge in [0.05, 0.1) is 5.41 Å². The highest BCUT2D eigenvalue weighted by atomic mass is 16.3. The summed E-state index contributed by atoms with van der Waals surface area (Å²) in [5.41, 5.74) is 16.8. The molecular formula is C59H39NO. The van der Waals surface area contributed by atoms with E-state index < -0.39 is 5.41 Å². The Balaban J connectivity index is 1.06. The first kappa shape index (κ1) is 35.0. The Morgan fingerprint density at radius 3 is 1.70 bits per heavy atom. The fourth-order valence-electron chi connectivity index (χ4n) is 10.0. The zero-order valence-corrected chi connectivity index (χ0v) is 33.4. The summed E-state index contributed by atoms with van der Waals surface area (Å²) in [6, 6.07) is 86.2. The number of hydrogen-bond acceptors (Lipinski definition) is 2. The van der Waals surface area contributed by atoms with Gasteiger partial charge in [-0.05, 0) is 121 Å². The molecular weight excluding hydrogens is 739 g/mol. The second-order valence-electron chi connectivity index (χ2n) is 16.0. The van der Waals surface area contributed by atoms with Crippen LogP contribution in [0.2, 0.25) is 0 Å². The molecule has 1 heterocycles. The molecule has 2 nitrogen and oxygen atoms in total. The predicted molar refractivity (Wildman–Crippen MR) is 254 cm³/mol. The van der Waals surface area contributed by atoms with E-state index in [0.29, 0.717) is 0 Å². The van der Waals surface area contributed by atoms with Crippen molar-refractivity contribution in [2.24, 2.45) is 0 Å². The van der Waals surface area contributed by atoms with E-state index in [1.165, 1.54) is 55.3 Å². The highest BCUT2D eigenvalue weighted by molar-refractivity contribution is 6.06. The van der Waals surface area contributed by atoms with Gasteiger partial charge in [0.15, 0.2) is 0 Å². The van der Waals surface area contributed by atoms with Crippen molar-refractivity contribution in [2.45, 2.75) is 5.41 Å². The molecule has 0 unspecified atom stereocenters. The molecule has 12 rings (SSSR count). The standard InChI is InChI=1S/C59H39NO/c1-3-18-44(19-4-1)59(45-20-5-2-6-21-45)55-27-11-9-24-51(55)52-35-34-48(39-56(52)59)60(46-32-29-41(30-33-46)50-26-14-16-40-15-7-8-23-49(40)50)47-22-13-17-42(37-47)43-31-36-58-54(38-43)53-25-10-12-28-57(53)61-58/h1-39H. The highest BCUT2D eigenvalue weighted by Crippen LogP contribution is 2.57. The molecule has 61 heavy (non-hydrogen) atoms. The molecule has 0 atom stereocenters. The van der Waals surface area contributed by atoms with Crippen molar-refractivity contribution in [3.63, 3.8) is 0 Å². The van der Waals surface area contributed by atoms with Gasteiger partial charge in [-0.2, -0.15) is 0 Å². The Bertz CT molecular complexity index is 3370. The fourth-order valence-corrected chi connectivity index (χ4v) is 10.0. The number of para-hydroxylation sites is 1. The van der Waals surface area contributed by atoms with Crippen LogP contribution in [-0.2, 0) is 5.41 Å². The van der Waals surface area contributed by atoms with Gasteiger partial charge in [0, 0.05) is 27.8 Å². The van der Waals surface area contributed by atoms with E-state index in [0.717, 1.165) is 50.1 Å². The lowest BCUT2D eigenvalue weighted by Gasteiger charge is -2.35. The van der Waals surface area contributed by atoms with E-state index in [4.69, 9.17) is 4.42 Å². The van der Waals surface area contributed by atoms with Gasteiger partial charge in [0.1, 0.15) is 11.2 Å². The smallest absolute Gasteiger partial charge is 0.135 e. The maximum Gasteiger partial charge on any atom is 0.135 e. The van der Waals surface area contributed by atoms with Crippen molar-refractivity contribution in [1.82, 2.24) is 0 Å². The lowest BCUT2D eigenvalue weighted by atomic mass is 9.67. The largest absolute Gasteiger partial charge is 0.456 e. The minimum atomic E-state index is -0.515. The molecule has 1 aliphatic carbocycles. The Kier molecular flexibility index (Phi) is 8.11. The summed E-state index contributed by atoms with van der Waals surface area (Å²) in [5.74, 6) is 0. The third-order valence-corrected chi connectivity index (χ3v) is 12.7. The minimum absolute atomic E-state index is 0.515. The Morgan fingerprint density at radius 2 is 0.885 bits per heavy atom. The number of anilines is 3. The van der Waals surface area contributed by atoms with E-state index >= 15 is 0 Å². The molecule has 1 aromatic heterocycles. The van der Waals surface area contributed by atoms with Crippen LogP contribution in [0.15, 0.2) is 241 Å². The molecule has 0 amide bonds. The number of fused-ring (bicyclic) bond motifs is 7. The molecule has 0 saturated carbocycles. The van der Waals surface area contributed by atoms with Crippen molar-refractivity contribution in [2.75, 3.05) is 4.90 Å². The Morgan fingerprint density at radius 1 is 0.311 bits per heavy atom. The van der Waals surface area contributed by atoms with Crippen molar-refractivity contribution >= 4 is 49.8 Å². The first-order chi connectivity index (χ1) is 30.2. The molecule has 2 heteroatoms. The molecule has 0 aliphatic heterocycles. The van der Waals surface area contributed by atoms with Crippen LogP contribution < -0.4 is 4.90 Å². The van der Waals surface area contributed by atoms with Crippen molar-refractivity contribution in [1.29, 1.82) is 0 Å². The van der Waals surface area contributed by atoms with Crippen LogP contribution in [0.4, 0.5) is 17.1 Å². The van der Waals surface area contributed by atoms with Gasteiger partial charge < -0.3 is 9.32 Å².